The fraction of sp³-hybridized carbons (Fsp3) is 0.556. The number of benzene rings is 1. The molecule has 0 nitrogen and oxygen atoms in total. The quantitative estimate of drug-likeness (QED) is 0.406. The minimum absolute atomic E-state index is 1.14. The molecule has 0 amide bonds. The Morgan fingerprint density at radius 3 is 1.95 bits per heavy atom. The monoisotopic (exact) mass is 278 g/mol. The Labute approximate surface area is 123 Å². The average molecular weight is 279 g/mol. The van der Waals surface area contributed by atoms with Gasteiger partial charge in [0.15, 0.2) is 0 Å². The third-order valence-corrected chi connectivity index (χ3v) is 3.70. The number of hydrogen-bond acceptors (Lipinski definition) is 0. The van der Waals surface area contributed by atoms with E-state index >= 15 is 0 Å². The van der Waals surface area contributed by atoms with E-state index in [2.05, 4.69) is 30.3 Å². The summed E-state index contributed by atoms with van der Waals surface area (Å²) in [7, 11) is 0. The van der Waals surface area contributed by atoms with Crippen molar-refractivity contribution >= 4 is 11.6 Å². The first-order chi connectivity index (χ1) is 9.43. The van der Waals surface area contributed by atoms with Gasteiger partial charge in [-0.05, 0) is 31.2 Å². The van der Waals surface area contributed by atoms with Crippen molar-refractivity contribution in [3.05, 3.63) is 47.5 Å². The van der Waals surface area contributed by atoms with Gasteiger partial charge in [-0.15, -0.1) is 0 Å². The van der Waals surface area contributed by atoms with Gasteiger partial charge in [-0.25, -0.2) is 0 Å². The van der Waals surface area contributed by atoms with E-state index in [4.69, 9.17) is 11.6 Å². The number of unbranched alkanes of at least 4 members (excludes halogenated alkanes) is 8. The van der Waals surface area contributed by atoms with Crippen LogP contribution in [0.1, 0.15) is 63.4 Å². The number of halogens is 1. The fourth-order valence-electron chi connectivity index (χ4n) is 2.36. The van der Waals surface area contributed by atoms with Gasteiger partial charge in [0.25, 0.3) is 0 Å². The molecular weight excluding hydrogens is 252 g/mol. The van der Waals surface area contributed by atoms with Crippen molar-refractivity contribution in [2.75, 3.05) is 0 Å². The summed E-state index contributed by atoms with van der Waals surface area (Å²) in [4.78, 5) is 0. The predicted octanol–water partition coefficient (Wildman–Crippen LogP) is 6.49. The van der Waals surface area contributed by atoms with Crippen molar-refractivity contribution in [2.45, 2.75) is 64.2 Å². The molecule has 1 heteroatoms. The van der Waals surface area contributed by atoms with Gasteiger partial charge in [0.2, 0.25) is 0 Å². The summed E-state index contributed by atoms with van der Waals surface area (Å²) in [5.74, 6) is 0. The lowest BCUT2D eigenvalue weighted by Gasteiger charge is -2.02. The van der Waals surface area contributed by atoms with E-state index in [-0.39, 0.29) is 0 Å². The normalized spacial score (nSPS) is 11.2. The third-order valence-electron chi connectivity index (χ3n) is 3.52. The lowest BCUT2D eigenvalue weighted by molar-refractivity contribution is 0.569. The van der Waals surface area contributed by atoms with Crippen LogP contribution in [-0.4, -0.2) is 0 Å². The molecule has 0 bridgehead atoms. The maximum absolute atomic E-state index is 5.48. The number of allylic oxidation sites excluding steroid dienone is 1. The first-order valence-corrected chi connectivity index (χ1v) is 8.16. The predicted molar refractivity (Wildman–Crippen MR) is 86.7 cm³/mol. The molecule has 0 aliphatic rings. The summed E-state index contributed by atoms with van der Waals surface area (Å²) < 4.78 is 0. The summed E-state index contributed by atoms with van der Waals surface area (Å²) in [6.07, 6.45) is 15.4. The van der Waals surface area contributed by atoms with Crippen LogP contribution in [0.4, 0.5) is 0 Å². The van der Waals surface area contributed by atoms with Crippen LogP contribution in [-0.2, 0) is 6.42 Å². The zero-order chi connectivity index (χ0) is 13.6. The summed E-state index contributed by atoms with van der Waals surface area (Å²) in [5.41, 5.74) is 3.11. The zero-order valence-corrected chi connectivity index (χ0v) is 12.7. The molecule has 1 rings (SSSR count). The molecule has 19 heavy (non-hydrogen) atoms. The highest BCUT2D eigenvalue weighted by Gasteiger charge is 1.94. The molecule has 0 radical (unpaired) electrons. The van der Waals surface area contributed by atoms with Crippen LogP contribution in [0, 0.1) is 0 Å². The fourth-order valence-corrected chi connectivity index (χ4v) is 2.49. The molecule has 0 unspecified atom stereocenters. The molecule has 0 aromatic heterocycles. The molecule has 0 spiro atoms. The van der Waals surface area contributed by atoms with Gasteiger partial charge in [-0.2, -0.15) is 0 Å². The molecule has 0 saturated heterocycles. The largest absolute Gasteiger partial charge is 0.0933 e. The first kappa shape index (κ1) is 16.3. The van der Waals surface area contributed by atoms with E-state index in [1.54, 1.807) is 5.54 Å². The highest BCUT2D eigenvalue weighted by atomic mass is 35.5. The van der Waals surface area contributed by atoms with Gasteiger partial charge in [0, 0.05) is 5.54 Å². The highest BCUT2D eigenvalue weighted by molar-refractivity contribution is 6.25. The van der Waals surface area contributed by atoms with E-state index in [0.29, 0.717) is 0 Å². The van der Waals surface area contributed by atoms with E-state index < -0.39 is 0 Å². The summed E-state index contributed by atoms with van der Waals surface area (Å²) >= 11 is 5.48. The number of aryl methyl sites for hydroxylation is 1. The Hall–Kier alpha value is -0.750. The first-order valence-electron chi connectivity index (χ1n) is 7.72. The third kappa shape index (κ3) is 9.78. The summed E-state index contributed by atoms with van der Waals surface area (Å²) in [6, 6.07) is 10.8. The van der Waals surface area contributed by atoms with Crippen LogP contribution < -0.4 is 0 Å². The van der Waals surface area contributed by atoms with Gasteiger partial charge in [0.1, 0.15) is 0 Å². The minimum atomic E-state index is 1.14. The summed E-state index contributed by atoms with van der Waals surface area (Å²) in [5, 5.41) is 0. The number of rotatable bonds is 11. The summed E-state index contributed by atoms with van der Waals surface area (Å²) in [6.45, 7) is 0. The second-order valence-corrected chi connectivity index (χ2v) is 5.47. The van der Waals surface area contributed by atoms with Crippen molar-refractivity contribution in [1.29, 1.82) is 0 Å². The molecule has 0 saturated carbocycles. The minimum Gasteiger partial charge on any atom is -0.0933 e. The molecule has 0 aliphatic carbocycles. The Morgan fingerprint density at radius 2 is 1.32 bits per heavy atom. The Kier molecular flexibility index (Phi) is 10.5. The highest BCUT2D eigenvalue weighted by Crippen LogP contribution is 2.12. The average Bonchev–Trinajstić information content (AvgIpc) is 2.46. The SMILES string of the molecule is ClC=CCCCCCCCCCCc1ccccc1. The van der Waals surface area contributed by atoms with Gasteiger partial charge >= 0.3 is 0 Å². The lowest BCUT2D eigenvalue weighted by atomic mass is 10.0. The van der Waals surface area contributed by atoms with Crippen molar-refractivity contribution in [2.24, 2.45) is 0 Å². The molecule has 1 aromatic rings. The van der Waals surface area contributed by atoms with Crippen LogP contribution >= 0.6 is 11.6 Å². The van der Waals surface area contributed by atoms with E-state index in [0.717, 1.165) is 6.42 Å². The second-order valence-electron chi connectivity index (χ2n) is 5.21. The maximum atomic E-state index is 5.48. The zero-order valence-electron chi connectivity index (χ0n) is 12.0. The molecule has 0 N–H and O–H groups in total. The second kappa shape index (κ2) is 12.3. The Balaban J connectivity index is 1.81. The van der Waals surface area contributed by atoms with Crippen LogP contribution in [0.5, 0.6) is 0 Å². The Morgan fingerprint density at radius 1 is 0.737 bits per heavy atom. The molecule has 1 aromatic carbocycles. The standard InChI is InChI=1S/C18H27Cl/c19-17-13-8-6-4-2-1-3-5-7-10-14-18-15-11-9-12-16-18/h9,11-13,15-17H,1-8,10,14H2. The van der Waals surface area contributed by atoms with Crippen molar-refractivity contribution in [1.82, 2.24) is 0 Å². The van der Waals surface area contributed by atoms with Crippen molar-refractivity contribution < 1.29 is 0 Å². The maximum Gasteiger partial charge on any atom is 0.000245 e. The number of hydrogen-bond donors (Lipinski definition) is 0. The molecular formula is C18H27Cl. The van der Waals surface area contributed by atoms with E-state index in [1.807, 2.05) is 6.08 Å². The van der Waals surface area contributed by atoms with Crippen molar-refractivity contribution in [3.63, 3.8) is 0 Å². The Bertz CT molecular complexity index is 316. The molecule has 0 aliphatic heterocycles. The van der Waals surface area contributed by atoms with Crippen LogP contribution in [0.3, 0.4) is 0 Å². The van der Waals surface area contributed by atoms with Crippen molar-refractivity contribution in [3.8, 4) is 0 Å². The smallest absolute Gasteiger partial charge is 0.000245 e. The van der Waals surface area contributed by atoms with Gasteiger partial charge in [-0.1, -0.05) is 86.5 Å². The van der Waals surface area contributed by atoms with E-state index in [1.165, 1.54) is 63.4 Å². The molecule has 106 valence electrons. The van der Waals surface area contributed by atoms with Gasteiger partial charge in [-0.3, -0.25) is 0 Å². The van der Waals surface area contributed by atoms with Crippen LogP contribution in [0.15, 0.2) is 41.9 Å². The molecule has 0 fully saturated rings. The van der Waals surface area contributed by atoms with Gasteiger partial charge in [0.05, 0.1) is 0 Å². The lowest BCUT2D eigenvalue weighted by Crippen LogP contribution is -1.86. The van der Waals surface area contributed by atoms with E-state index in [9.17, 15) is 0 Å². The van der Waals surface area contributed by atoms with Crippen LogP contribution in [0.2, 0.25) is 0 Å². The van der Waals surface area contributed by atoms with Gasteiger partial charge < -0.3 is 0 Å². The topological polar surface area (TPSA) is 0 Å². The molecule has 0 heterocycles. The van der Waals surface area contributed by atoms with Crippen LogP contribution in [0.25, 0.3) is 0 Å². The molecule has 0 atom stereocenters.